The average molecular weight is 242 g/mol. The van der Waals surface area contributed by atoms with Gasteiger partial charge in [-0.15, -0.1) is 0 Å². The summed E-state index contributed by atoms with van der Waals surface area (Å²) in [6.07, 6.45) is 0. The van der Waals surface area contributed by atoms with Crippen molar-refractivity contribution < 1.29 is 27.0 Å². The molecule has 0 bridgehead atoms. The molecule has 0 saturated heterocycles. The Morgan fingerprint density at radius 1 is 1.40 bits per heavy atom. The van der Waals surface area contributed by atoms with Crippen molar-refractivity contribution >= 4 is 16.3 Å². The normalized spacial score (nSPS) is 11.3. The van der Waals surface area contributed by atoms with Crippen LogP contribution in [0.5, 0.6) is 0 Å². The largest absolute Gasteiger partial charge is 0.736 e. The van der Waals surface area contributed by atoms with E-state index in [2.05, 4.69) is 26.3 Å². The first-order valence-corrected chi connectivity index (χ1v) is 5.56. The van der Waals surface area contributed by atoms with E-state index in [1.165, 1.54) is 6.92 Å². The van der Waals surface area contributed by atoms with Crippen molar-refractivity contribution in [1.29, 1.82) is 0 Å². The van der Waals surface area contributed by atoms with Crippen LogP contribution in [0, 0.1) is 0 Å². The molecular formula is C7H18N2O5S. The Morgan fingerprint density at radius 2 is 1.73 bits per heavy atom. The highest BCUT2D eigenvalue weighted by Gasteiger charge is 2.06. The van der Waals surface area contributed by atoms with E-state index in [-0.39, 0.29) is 5.97 Å². The second kappa shape index (κ2) is 6.72. The molecule has 0 aromatic rings. The van der Waals surface area contributed by atoms with Gasteiger partial charge in [0, 0.05) is 6.92 Å². The molecule has 15 heavy (non-hydrogen) atoms. The molecule has 2 N–H and O–H groups in total. The first kappa shape index (κ1) is 16.7. The zero-order chi connectivity index (χ0) is 12.7. The number of likely N-dealkylation sites (N-methyl/N-ethyl adjacent to an activating group) is 1. The highest BCUT2D eigenvalue weighted by molar-refractivity contribution is 7.83. The number of carbonyl (C=O) groups excluding carboxylic acids is 1. The fourth-order valence-corrected chi connectivity index (χ4v) is 0.463. The van der Waals surface area contributed by atoms with Crippen molar-refractivity contribution in [2.75, 3.05) is 34.3 Å². The Balaban J connectivity index is 0. The topological polar surface area (TPSA) is 110 Å². The van der Waals surface area contributed by atoms with Crippen LogP contribution in [0.3, 0.4) is 0 Å². The highest BCUT2D eigenvalue weighted by atomic mass is 32.2. The number of esters is 1. The van der Waals surface area contributed by atoms with Gasteiger partial charge in [-0.1, -0.05) is 0 Å². The van der Waals surface area contributed by atoms with Crippen molar-refractivity contribution in [2.45, 2.75) is 6.92 Å². The summed E-state index contributed by atoms with van der Waals surface area (Å²) in [6, 6.07) is 0. The molecule has 0 fully saturated rings. The van der Waals surface area contributed by atoms with Gasteiger partial charge in [-0.2, -0.15) is 0 Å². The third-order valence-electron chi connectivity index (χ3n) is 1.07. The van der Waals surface area contributed by atoms with Crippen LogP contribution in [-0.2, 0) is 19.8 Å². The summed E-state index contributed by atoms with van der Waals surface area (Å²) in [5.74, 6) is -0.201. The third kappa shape index (κ3) is 42.8. The van der Waals surface area contributed by atoms with Crippen molar-refractivity contribution in [3.05, 3.63) is 0 Å². The molecule has 0 saturated carbocycles. The number of nitrogens with zero attached hydrogens (tertiary/aromatic N) is 1. The molecule has 0 amide bonds. The predicted octanol–water partition coefficient (Wildman–Crippen LogP) is -1.34. The minimum Gasteiger partial charge on any atom is -0.736 e. The van der Waals surface area contributed by atoms with Crippen LogP contribution >= 0.6 is 0 Å². The van der Waals surface area contributed by atoms with Crippen LogP contribution in [0.1, 0.15) is 6.92 Å². The smallest absolute Gasteiger partial charge is 0.302 e. The van der Waals surface area contributed by atoms with Crippen LogP contribution in [-0.4, -0.2) is 57.7 Å². The number of ether oxygens (including phenoxy) is 1. The number of quaternary nitrogens is 1. The van der Waals surface area contributed by atoms with E-state index in [1.54, 1.807) is 0 Å². The molecule has 0 aromatic heterocycles. The first-order valence-electron chi connectivity index (χ1n) is 4.09. The van der Waals surface area contributed by atoms with E-state index >= 15 is 0 Å². The molecule has 7 nitrogen and oxygen atoms in total. The quantitative estimate of drug-likeness (QED) is 0.374. The molecule has 0 aliphatic heterocycles. The van der Waals surface area contributed by atoms with Gasteiger partial charge in [-0.05, 0) is 0 Å². The van der Waals surface area contributed by atoms with E-state index < -0.39 is 10.3 Å². The Labute approximate surface area is 90.3 Å². The van der Waals surface area contributed by atoms with Gasteiger partial charge in [0.15, 0.2) is 10.3 Å². The van der Waals surface area contributed by atoms with Crippen LogP contribution in [0.2, 0.25) is 0 Å². The van der Waals surface area contributed by atoms with E-state index in [0.29, 0.717) is 6.61 Å². The van der Waals surface area contributed by atoms with Gasteiger partial charge >= 0.3 is 5.97 Å². The van der Waals surface area contributed by atoms with Gasteiger partial charge in [0.05, 0.1) is 21.1 Å². The summed E-state index contributed by atoms with van der Waals surface area (Å²) < 4.78 is 32.2. The van der Waals surface area contributed by atoms with E-state index in [1.807, 2.05) is 0 Å². The summed E-state index contributed by atoms with van der Waals surface area (Å²) >= 11 is 0. The van der Waals surface area contributed by atoms with E-state index in [4.69, 9.17) is 17.7 Å². The van der Waals surface area contributed by atoms with Gasteiger partial charge in [0.25, 0.3) is 0 Å². The molecule has 0 heterocycles. The maximum absolute atomic E-state index is 10.3. The summed E-state index contributed by atoms with van der Waals surface area (Å²) in [5.41, 5.74) is 0. The zero-order valence-corrected chi connectivity index (χ0v) is 10.2. The van der Waals surface area contributed by atoms with Crippen LogP contribution in [0.15, 0.2) is 0 Å². The van der Waals surface area contributed by atoms with Gasteiger partial charge < -0.3 is 13.8 Å². The van der Waals surface area contributed by atoms with Gasteiger partial charge in [0.2, 0.25) is 0 Å². The lowest BCUT2D eigenvalue weighted by molar-refractivity contribution is -0.870. The number of nitrogens with two attached hydrogens (primary N) is 1. The van der Waals surface area contributed by atoms with Crippen LogP contribution in [0.25, 0.3) is 0 Å². The number of carbonyl (C=O) groups is 1. The molecule has 0 radical (unpaired) electrons. The Morgan fingerprint density at radius 3 is 1.93 bits per heavy atom. The number of hydrogen-bond donors (Lipinski definition) is 1. The SMILES string of the molecule is CC(=O)OCC[N+](C)(C)C.NS(=O)(=O)[O-]. The zero-order valence-electron chi connectivity index (χ0n) is 9.39. The molecule has 0 aliphatic carbocycles. The third-order valence-corrected chi connectivity index (χ3v) is 1.07. The summed E-state index contributed by atoms with van der Waals surface area (Å²) in [6.45, 7) is 2.80. The minimum absolute atomic E-state index is 0.201. The molecule has 0 atom stereocenters. The number of hydrogen-bond acceptors (Lipinski definition) is 5. The van der Waals surface area contributed by atoms with E-state index in [0.717, 1.165) is 11.0 Å². The standard InChI is InChI=1S/C7H16NO2.H3NO3S/c1-7(9)10-6-5-8(2,3)4;1-5(2,3)4/h5-6H2,1-4H3;(H3,1,2,3,4)/q+1;/p-1. The van der Waals surface area contributed by atoms with Gasteiger partial charge in [0.1, 0.15) is 13.2 Å². The van der Waals surface area contributed by atoms with Crippen molar-refractivity contribution in [1.82, 2.24) is 0 Å². The average Bonchev–Trinajstić information content (AvgIpc) is 1.77. The fraction of sp³-hybridized carbons (Fsp3) is 0.857. The summed E-state index contributed by atoms with van der Waals surface area (Å²) in [4.78, 5) is 10.3. The fourth-order valence-electron chi connectivity index (χ4n) is 0.463. The Kier molecular flexibility index (Phi) is 7.49. The van der Waals surface area contributed by atoms with Crippen molar-refractivity contribution in [2.24, 2.45) is 5.14 Å². The minimum atomic E-state index is -4.42. The molecule has 92 valence electrons. The number of rotatable bonds is 3. The van der Waals surface area contributed by atoms with Crippen molar-refractivity contribution in [3.8, 4) is 0 Å². The van der Waals surface area contributed by atoms with Gasteiger partial charge in [-0.25, -0.2) is 13.6 Å². The second-order valence-electron chi connectivity index (χ2n) is 3.85. The lowest BCUT2D eigenvalue weighted by Gasteiger charge is -2.23. The maximum atomic E-state index is 10.3. The maximum Gasteiger partial charge on any atom is 0.302 e. The Hall–Kier alpha value is -0.700. The van der Waals surface area contributed by atoms with Crippen LogP contribution < -0.4 is 5.14 Å². The molecule has 8 heteroatoms. The van der Waals surface area contributed by atoms with Crippen LogP contribution in [0.4, 0.5) is 0 Å². The molecule has 0 rings (SSSR count). The highest BCUT2D eigenvalue weighted by Crippen LogP contribution is 1.89. The summed E-state index contributed by atoms with van der Waals surface area (Å²) in [5, 5.41) is 3.77. The molecule has 0 aromatic carbocycles. The van der Waals surface area contributed by atoms with Gasteiger partial charge in [-0.3, -0.25) is 4.79 Å². The first-order chi connectivity index (χ1) is 6.42. The lowest BCUT2D eigenvalue weighted by Crippen LogP contribution is -2.37. The second-order valence-corrected chi connectivity index (χ2v) is 4.83. The van der Waals surface area contributed by atoms with Crippen molar-refractivity contribution in [3.63, 3.8) is 0 Å². The molecule has 0 aliphatic rings. The van der Waals surface area contributed by atoms with E-state index in [9.17, 15) is 4.79 Å². The Bertz CT molecular complexity index is 272. The molecular weight excluding hydrogens is 224 g/mol. The monoisotopic (exact) mass is 242 g/mol. The summed E-state index contributed by atoms with van der Waals surface area (Å²) in [7, 11) is 1.76. The molecule has 0 unspecified atom stereocenters. The predicted molar refractivity (Wildman–Crippen MR) is 53.4 cm³/mol. The lowest BCUT2D eigenvalue weighted by atomic mass is 10.5. The molecule has 0 spiro atoms.